The standard InChI is InChI=1S/C17H27N5O2/c1-17(2,3)22-11-13(9-14(22)23)19-16(24)21-7-5-12(10-21)15-18-6-8-20(15)4/h6,8,12-13H,5,7,9-11H2,1-4H3,(H,19,24). The molecule has 7 heteroatoms. The number of hydrogen-bond acceptors (Lipinski definition) is 3. The molecular weight excluding hydrogens is 306 g/mol. The summed E-state index contributed by atoms with van der Waals surface area (Å²) in [5.41, 5.74) is -0.201. The number of nitrogens with zero attached hydrogens (tertiary/aromatic N) is 4. The Hall–Kier alpha value is -2.05. The average Bonchev–Trinajstić information content (AvgIpc) is 3.17. The monoisotopic (exact) mass is 333 g/mol. The number of nitrogens with one attached hydrogen (secondary N) is 1. The number of aryl methyl sites for hydroxylation is 1. The van der Waals surface area contributed by atoms with Crippen molar-refractivity contribution >= 4 is 11.9 Å². The van der Waals surface area contributed by atoms with E-state index >= 15 is 0 Å². The molecule has 1 aromatic rings. The summed E-state index contributed by atoms with van der Waals surface area (Å²) in [6.45, 7) is 8.06. The molecule has 3 heterocycles. The fourth-order valence-corrected chi connectivity index (χ4v) is 3.64. The summed E-state index contributed by atoms with van der Waals surface area (Å²) in [6.07, 6.45) is 5.04. The highest BCUT2D eigenvalue weighted by Gasteiger charge is 2.38. The Morgan fingerprint density at radius 3 is 2.67 bits per heavy atom. The molecule has 3 amide bonds. The van der Waals surface area contributed by atoms with E-state index in [1.807, 2.05) is 48.4 Å². The van der Waals surface area contributed by atoms with Gasteiger partial charge in [-0.15, -0.1) is 0 Å². The third kappa shape index (κ3) is 3.25. The molecule has 2 saturated heterocycles. The van der Waals surface area contributed by atoms with Gasteiger partial charge in [-0.05, 0) is 27.2 Å². The first-order chi connectivity index (χ1) is 11.3. The van der Waals surface area contributed by atoms with Gasteiger partial charge in [0.2, 0.25) is 5.91 Å². The van der Waals surface area contributed by atoms with Gasteiger partial charge in [-0.3, -0.25) is 4.79 Å². The summed E-state index contributed by atoms with van der Waals surface area (Å²) < 4.78 is 2.02. The molecule has 3 rings (SSSR count). The van der Waals surface area contributed by atoms with E-state index in [4.69, 9.17) is 0 Å². The van der Waals surface area contributed by atoms with Crippen LogP contribution in [-0.2, 0) is 11.8 Å². The second-order valence-corrected chi connectivity index (χ2v) is 7.85. The van der Waals surface area contributed by atoms with Crippen molar-refractivity contribution in [3.8, 4) is 0 Å². The van der Waals surface area contributed by atoms with E-state index in [9.17, 15) is 9.59 Å². The fraction of sp³-hybridized carbons (Fsp3) is 0.706. The van der Waals surface area contributed by atoms with Crippen LogP contribution in [0.25, 0.3) is 0 Å². The molecule has 0 aliphatic carbocycles. The maximum absolute atomic E-state index is 12.5. The van der Waals surface area contributed by atoms with Gasteiger partial charge in [0, 0.05) is 57.0 Å². The zero-order valence-corrected chi connectivity index (χ0v) is 15.0. The van der Waals surface area contributed by atoms with Gasteiger partial charge >= 0.3 is 6.03 Å². The summed E-state index contributed by atoms with van der Waals surface area (Å²) >= 11 is 0. The van der Waals surface area contributed by atoms with Gasteiger partial charge in [-0.25, -0.2) is 9.78 Å². The van der Waals surface area contributed by atoms with Crippen LogP contribution in [0.4, 0.5) is 4.79 Å². The molecule has 0 saturated carbocycles. The lowest BCUT2D eigenvalue weighted by Crippen LogP contribution is -2.47. The fourth-order valence-electron chi connectivity index (χ4n) is 3.64. The van der Waals surface area contributed by atoms with Crippen LogP contribution >= 0.6 is 0 Å². The topological polar surface area (TPSA) is 70.5 Å². The van der Waals surface area contributed by atoms with Crippen LogP contribution < -0.4 is 5.32 Å². The van der Waals surface area contributed by atoms with Crippen LogP contribution in [0.2, 0.25) is 0 Å². The normalized spacial score (nSPS) is 24.8. The molecule has 2 fully saturated rings. The Labute approximate surface area is 143 Å². The highest BCUT2D eigenvalue weighted by molar-refractivity contribution is 5.82. The number of hydrogen-bond donors (Lipinski definition) is 1. The SMILES string of the molecule is Cn1ccnc1C1CCN(C(=O)NC2CC(=O)N(C(C)(C)C)C2)C1. The summed E-state index contributed by atoms with van der Waals surface area (Å²) in [7, 11) is 1.98. The van der Waals surface area contributed by atoms with E-state index in [0.29, 0.717) is 19.5 Å². The van der Waals surface area contributed by atoms with Gasteiger partial charge in [0.25, 0.3) is 0 Å². The first kappa shape index (κ1) is 16.8. The lowest BCUT2D eigenvalue weighted by atomic mass is 10.1. The van der Waals surface area contributed by atoms with Crippen LogP contribution in [0.5, 0.6) is 0 Å². The summed E-state index contributed by atoms with van der Waals surface area (Å²) in [5, 5.41) is 3.03. The van der Waals surface area contributed by atoms with Gasteiger partial charge in [0.05, 0.1) is 6.04 Å². The van der Waals surface area contributed by atoms with E-state index < -0.39 is 0 Å². The van der Waals surface area contributed by atoms with Crippen molar-refractivity contribution in [3.63, 3.8) is 0 Å². The maximum atomic E-state index is 12.5. The third-order valence-corrected chi connectivity index (χ3v) is 4.96. The quantitative estimate of drug-likeness (QED) is 0.887. The lowest BCUT2D eigenvalue weighted by molar-refractivity contribution is -0.131. The number of aromatic nitrogens is 2. The van der Waals surface area contributed by atoms with Crippen molar-refractivity contribution in [1.82, 2.24) is 24.7 Å². The molecule has 0 radical (unpaired) electrons. The summed E-state index contributed by atoms with van der Waals surface area (Å²) in [5.74, 6) is 1.42. The molecule has 24 heavy (non-hydrogen) atoms. The third-order valence-electron chi connectivity index (χ3n) is 4.96. The van der Waals surface area contributed by atoms with Gasteiger partial charge in [-0.2, -0.15) is 0 Å². The first-order valence-corrected chi connectivity index (χ1v) is 8.59. The number of urea groups is 1. The molecule has 2 aliphatic rings. The molecule has 1 N–H and O–H groups in total. The van der Waals surface area contributed by atoms with E-state index in [-0.39, 0.29) is 29.4 Å². The Morgan fingerprint density at radius 2 is 2.08 bits per heavy atom. The predicted molar refractivity (Wildman–Crippen MR) is 90.5 cm³/mol. The molecule has 132 valence electrons. The molecule has 0 spiro atoms. The van der Waals surface area contributed by atoms with Crippen LogP contribution in [0.3, 0.4) is 0 Å². The Bertz CT molecular complexity index is 633. The molecule has 2 unspecified atom stereocenters. The Balaban J connectivity index is 1.55. The number of likely N-dealkylation sites (tertiary alicyclic amines) is 2. The van der Waals surface area contributed by atoms with Gasteiger partial charge < -0.3 is 19.7 Å². The molecule has 0 bridgehead atoms. The molecule has 2 atom stereocenters. The van der Waals surface area contributed by atoms with Crippen molar-refractivity contribution in [3.05, 3.63) is 18.2 Å². The van der Waals surface area contributed by atoms with Crippen molar-refractivity contribution in [2.24, 2.45) is 7.05 Å². The zero-order chi connectivity index (χ0) is 17.5. The molecule has 7 nitrogen and oxygen atoms in total. The number of carbonyl (C=O) groups is 2. The molecule has 2 aliphatic heterocycles. The van der Waals surface area contributed by atoms with Gasteiger partial charge in [0.15, 0.2) is 0 Å². The summed E-state index contributed by atoms with van der Waals surface area (Å²) in [6, 6.07) is -0.170. The highest BCUT2D eigenvalue weighted by atomic mass is 16.2. The Kier molecular flexibility index (Phi) is 4.27. The van der Waals surface area contributed by atoms with Crippen molar-refractivity contribution in [1.29, 1.82) is 0 Å². The minimum absolute atomic E-state index is 0.0692. The van der Waals surface area contributed by atoms with Gasteiger partial charge in [-0.1, -0.05) is 0 Å². The predicted octanol–water partition coefficient (Wildman–Crippen LogP) is 1.32. The summed E-state index contributed by atoms with van der Waals surface area (Å²) in [4.78, 5) is 32.7. The van der Waals surface area contributed by atoms with Crippen LogP contribution in [-0.4, -0.2) is 62.5 Å². The molecule has 0 aromatic carbocycles. The first-order valence-electron chi connectivity index (χ1n) is 8.59. The second-order valence-electron chi connectivity index (χ2n) is 7.85. The minimum Gasteiger partial charge on any atom is -0.338 e. The minimum atomic E-state index is -0.201. The van der Waals surface area contributed by atoms with Crippen molar-refractivity contribution in [2.45, 2.75) is 51.1 Å². The van der Waals surface area contributed by atoms with Crippen LogP contribution in [0.1, 0.15) is 45.4 Å². The number of rotatable bonds is 2. The molecule has 1 aromatic heterocycles. The largest absolute Gasteiger partial charge is 0.338 e. The average molecular weight is 333 g/mol. The van der Waals surface area contributed by atoms with E-state index in [1.165, 1.54) is 0 Å². The van der Waals surface area contributed by atoms with Crippen LogP contribution in [0, 0.1) is 0 Å². The zero-order valence-electron chi connectivity index (χ0n) is 15.0. The van der Waals surface area contributed by atoms with E-state index in [2.05, 4.69) is 10.3 Å². The van der Waals surface area contributed by atoms with Crippen molar-refractivity contribution in [2.75, 3.05) is 19.6 Å². The number of carbonyl (C=O) groups excluding carboxylic acids is 2. The van der Waals surface area contributed by atoms with E-state index in [1.54, 1.807) is 6.20 Å². The second kappa shape index (κ2) is 6.11. The number of imidazole rings is 1. The molecular formula is C17H27N5O2. The van der Waals surface area contributed by atoms with Crippen LogP contribution in [0.15, 0.2) is 12.4 Å². The smallest absolute Gasteiger partial charge is 0.317 e. The van der Waals surface area contributed by atoms with Crippen molar-refractivity contribution < 1.29 is 9.59 Å². The lowest BCUT2D eigenvalue weighted by Gasteiger charge is -2.32. The van der Waals surface area contributed by atoms with Gasteiger partial charge in [0.1, 0.15) is 5.82 Å². The maximum Gasteiger partial charge on any atom is 0.317 e. The highest BCUT2D eigenvalue weighted by Crippen LogP contribution is 2.26. The number of amides is 3. The Morgan fingerprint density at radius 1 is 1.33 bits per heavy atom. The van der Waals surface area contributed by atoms with E-state index in [0.717, 1.165) is 18.8 Å².